The molecule has 0 rings (SSSR count). The van der Waals surface area contributed by atoms with E-state index in [4.69, 9.17) is 24.3 Å². The van der Waals surface area contributed by atoms with E-state index in [1.54, 1.807) is 0 Å². The van der Waals surface area contributed by atoms with Crippen LogP contribution < -0.4 is 5.73 Å². The summed E-state index contributed by atoms with van der Waals surface area (Å²) in [6.45, 7) is 3.64. The predicted octanol–water partition coefficient (Wildman–Crippen LogP) is 10.2. The van der Waals surface area contributed by atoms with Gasteiger partial charge < -0.3 is 25.2 Å². The van der Waals surface area contributed by atoms with Gasteiger partial charge in [-0.05, 0) is 25.7 Å². The van der Waals surface area contributed by atoms with Crippen molar-refractivity contribution >= 4 is 19.8 Å². The van der Waals surface area contributed by atoms with E-state index in [0.29, 0.717) is 6.42 Å². The third kappa shape index (κ3) is 35.4. The lowest BCUT2D eigenvalue weighted by Crippen LogP contribution is -2.29. The van der Waals surface area contributed by atoms with Gasteiger partial charge in [0.2, 0.25) is 0 Å². The number of hydrogen-bond acceptors (Lipinski definition) is 9. The van der Waals surface area contributed by atoms with E-state index in [2.05, 4.69) is 13.8 Å². The maximum atomic E-state index is 12.5. The Labute approximate surface area is 306 Å². The summed E-state index contributed by atoms with van der Waals surface area (Å²) in [6.07, 6.45) is 30.0. The van der Waals surface area contributed by atoms with E-state index >= 15 is 0 Å². The fourth-order valence-electron chi connectivity index (χ4n) is 5.95. The van der Waals surface area contributed by atoms with Crippen molar-refractivity contribution in [1.82, 2.24) is 0 Å². The van der Waals surface area contributed by atoms with Crippen LogP contribution in [-0.4, -0.2) is 60.5 Å². The summed E-state index contributed by atoms with van der Waals surface area (Å²) in [5.41, 5.74) is 5.33. The maximum absolute atomic E-state index is 12.5. The van der Waals surface area contributed by atoms with Crippen molar-refractivity contribution in [2.45, 2.75) is 212 Å². The molecule has 0 spiro atoms. The third-order valence-corrected chi connectivity index (χ3v) is 10.1. The normalized spacial score (nSPS) is 13.9. The molecule has 0 saturated carbocycles. The van der Waals surface area contributed by atoms with E-state index in [9.17, 15) is 24.2 Å². The number of aliphatic hydroxyl groups is 1. The van der Waals surface area contributed by atoms with Crippen molar-refractivity contribution in [1.29, 1.82) is 0 Å². The number of phosphoric ester groups is 1. The first-order valence-corrected chi connectivity index (χ1v) is 22.1. The summed E-state index contributed by atoms with van der Waals surface area (Å²) in [7, 11) is -4.38. The predicted molar refractivity (Wildman–Crippen MR) is 203 cm³/mol. The zero-order chi connectivity index (χ0) is 37.0. The molecule has 0 aliphatic rings. The van der Waals surface area contributed by atoms with Gasteiger partial charge in [-0.2, -0.15) is 0 Å². The molecule has 0 amide bonds. The molecule has 0 aromatic carbocycles. The number of aliphatic hydroxyl groups excluding tert-OH is 1. The largest absolute Gasteiger partial charge is 0.472 e. The Hall–Kier alpha value is -1.03. The number of hydrogen-bond donors (Lipinski definition) is 3. The highest BCUT2D eigenvalue weighted by atomic mass is 31.2. The van der Waals surface area contributed by atoms with E-state index in [-0.39, 0.29) is 44.7 Å². The number of nitrogens with two attached hydrogens (primary N) is 1. The van der Waals surface area contributed by atoms with Gasteiger partial charge in [0.25, 0.3) is 0 Å². The Bertz CT molecular complexity index is 816. The van der Waals surface area contributed by atoms with Gasteiger partial charge in [0.05, 0.1) is 19.3 Å². The molecule has 298 valence electrons. The number of carbonyl (C=O) groups is 2. The second-order valence-electron chi connectivity index (χ2n) is 14.0. The lowest BCUT2D eigenvalue weighted by molar-refractivity contribution is -0.161. The second kappa shape index (κ2) is 36.3. The van der Waals surface area contributed by atoms with Gasteiger partial charge in [-0.25, -0.2) is 4.57 Å². The quantitative estimate of drug-likeness (QED) is 0.0316. The topological polar surface area (TPSA) is 155 Å². The molecule has 0 radical (unpaired) electrons. The first-order valence-electron chi connectivity index (χ1n) is 20.6. The monoisotopic (exact) mass is 736 g/mol. The number of unbranched alkanes of at least 4 members (excludes halogenated alkanes) is 22. The van der Waals surface area contributed by atoms with Gasteiger partial charge in [0, 0.05) is 19.4 Å². The zero-order valence-electron chi connectivity index (χ0n) is 32.3. The van der Waals surface area contributed by atoms with Crippen molar-refractivity contribution in [3.63, 3.8) is 0 Å². The molecule has 0 aliphatic heterocycles. The molecule has 0 heterocycles. The Balaban J connectivity index is 4.18. The Morgan fingerprint density at radius 2 is 0.980 bits per heavy atom. The molecule has 0 aromatic rings. The Morgan fingerprint density at radius 3 is 1.44 bits per heavy atom. The van der Waals surface area contributed by atoms with E-state index in [1.807, 2.05) is 0 Å². The standard InChI is InChI=1S/C39H78NO9P/c1-3-5-7-9-10-11-12-13-14-15-19-22-26-30-38(42)46-34-37(35-48-50(44,45)47-33-32-40)49-39(43)31-27-23-20-17-16-18-21-25-29-36(41)28-24-8-6-4-2/h36-37,41H,3-35,40H2,1-2H3,(H,44,45). The van der Waals surface area contributed by atoms with Crippen LogP contribution in [0.15, 0.2) is 0 Å². The molecule has 0 saturated heterocycles. The highest BCUT2D eigenvalue weighted by Crippen LogP contribution is 2.43. The van der Waals surface area contributed by atoms with E-state index < -0.39 is 26.5 Å². The minimum atomic E-state index is -4.38. The molecular formula is C39H78NO9P. The fourth-order valence-corrected chi connectivity index (χ4v) is 6.72. The molecule has 4 N–H and O–H groups in total. The SMILES string of the molecule is CCCCCCCCCCCCCCCC(=O)OCC(COP(=O)(O)OCCN)OC(=O)CCCCCCCCCCC(O)CCCCCC. The Morgan fingerprint density at radius 1 is 0.580 bits per heavy atom. The lowest BCUT2D eigenvalue weighted by Gasteiger charge is -2.19. The van der Waals surface area contributed by atoms with Crippen LogP contribution in [0.1, 0.15) is 200 Å². The summed E-state index contributed by atoms with van der Waals surface area (Å²) >= 11 is 0. The number of ether oxygens (including phenoxy) is 2. The van der Waals surface area contributed by atoms with Crippen LogP contribution in [0.2, 0.25) is 0 Å². The van der Waals surface area contributed by atoms with Crippen LogP contribution in [0.4, 0.5) is 0 Å². The van der Waals surface area contributed by atoms with Crippen molar-refractivity contribution < 1.29 is 42.7 Å². The van der Waals surface area contributed by atoms with Gasteiger partial charge in [0.1, 0.15) is 6.61 Å². The first-order chi connectivity index (χ1) is 24.2. The van der Waals surface area contributed by atoms with Crippen LogP contribution in [0.3, 0.4) is 0 Å². The van der Waals surface area contributed by atoms with Crippen LogP contribution in [0.25, 0.3) is 0 Å². The van der Waals surface area contributed by atoms with Crippen LogP contribution in [-0.2, 0) is 32.7 Å². The average molecular weight is 736 g/mol. The lowest BCUT2D eigenvalue weighted by atomic mass is 10.0. The summed E-state index contributed by atoms with van der Waals surface area (Å²) < 4.78 is 32.7. The van der Waals surface area contributed by atoms with Gasteiger partial charge in [-0.3, -0.25) is 18.6 Å². The average Bonchev–Trinajstić information content (AvgIpc) is 3.09. The molecule has 0 aliphatic carbocycles. The van der Waals surface area contributed by atoms with Gasteiger partial charge in [-0.15, -0.1) is 0 Å². The van der Waals surface area contributed by atoms with Crippen molar-refractivity contribution in [3.8, 4) is 0 Å². The second-order valence-corrected chi connectivity index (χ2v) is 15.5. The third-order valence-electron chi connectivity index (χ3n) is 9.07. The molecule has 50 heavy (non-hydrogen) atoms. The molecule has 3 atom stereocenters. The maximum Gasteiger partial charge on any atom is 0.472 e. The number of esters is 2. The minimum Gasteiger partial charge on any atom is -0.462 e. The summed E-state index contributed by atoms with van der Waals surface area (Å²) in [5.74, 6) is -0.852. The molecule has 10 nitrogen and oxygen atoms in total. The minimum absolute atomic E-state index is 0.0481. The molecule has 0 fully saturated rings. The van der Waals surface area contributed by atoms with Crippen molar-refractivity contribution in [2.24, 2.45) is 5.73 Å². The highest BCUT2D eigenvalue weighted by molar-refractivity contribution is 7.47. The van der Waals surface area contributed by atoms with Crippen LogP contribution in [0.5, 0.6) is 0 Å². The van der Waals surface area contributed by atoms with Gasteiger partial charge in [-0.1, -0.05) is 162 Å². The summed E-state index contributed by atoms with van der Waals surface area (Å²) in [4.78, 5) is 34.8. The van der Waals surface area contributed by atoms with Crippen LogP contribution >= 0.6 is 7.82 Å². The van der Waals surface area contributed by atoms with Gasteiger partial charge >= 0.3 is 19.8 Å². The summed E-state index contributed by atoms with van der Waals surface area (Å²) in [6, 6.07) is 0. The Kier molecular flexibility index (Phi) is 35.6. The molecule has 0 bridgehead atoms. The highest BCUT2D eigenvalue weighted by Gasteiger charge is 2.26. The molecule has 3 unspecified atom stereocenters. The van der Waals surface area contributed by atoms with Crippen molar-refractivity contribution in [3.05, 3.63) is 0 Å². The number of rotatable bonds is 39. The fraction of sp³-hybridized carbons (Fsp3) is 0.949. The number of carbonyl (C=O) groups excluding carboxylic acids is 2. The van der Waals surface area contributed by atoms with E-state index in [0.717, 1.165) is 83.5 Å². The molecular weight excluding hydrogens is 657 g/mol. The first kappa shape index (κ1) is 49.0. The van der Waals surface area contributed by atoms with Gasteiger partial charge in [0.15, 0.2) is 6.10 Å². The smallest absolute Gasteiger partial charge is 0.462 e. The number of phosphoric acid groups is 1. The van der Waals surface area contributed by atoms with E-state index in [1.165, 1.54) is 83.5 Å². The molecule has 11 heteroatoms. The summed E-state index contributed by atoms with van der Waals surface area (Å²) in [5, 5.41) is 10.1. The zero-order valence-corrected chi connectivity index (χ0v) is 33.2. The van der Waals surface area contributed by atoms with Crippen molar-refractivity contribution in [2.75, 3.05) is 26.4 Å². The van der Waals surface area contributed by atoms with Crippen LogP contribution in [0, 0.1) is 0 Å². The molecule has 0 aromatic heterocycles.